The van der Waals surface area contributed by atoms with Crippen LogP contribution in [-0.2, 0) is 11.3 Å². The van der Waals surface area contributed by atoms with Gasteiger partial charge in [-0.2, -0.15) is 18.3 Å². The highest BCUT2D eigenvalue weighted by atomic mass is 19.4. The minimum Gasteiger partial charge on any atom is -0.484 e. The molecule has 0 aliphatic rings. The van der Waals surface area contributed by atoms with Crippen LogP contribution in [0.4, 0.5) is 18.9 Å². The van der Waals surface area contributed by atoms with Gasteiger partial charge in [-0.05, 0) is 37.1 Å². The number of halogens is 3. The SMILES string of the molecule is Cc1cc(C)cc(OCC(=O)Nc2cnn(CC(F)(F)F)c2)c1. The van der Waals surface area contributed by atoms with Gasteiger partial charge in [0.05, 0.1) is 11.9 Å². The van der Waals surface area contributed by atoms with Gasteiger partial charge in [0.1, 0.15) is 12.3 Å². The first-order valence-corrected chi connectivity index (χ1v) is 6.81. The number of nitrogens with one attached hydrogen (secondary N) is 1. The summed E-state index contributed by atoms with van der Waals surface area (Å²) in [5, 5.41) is 5.97. The Morgan fingerprint density at radius 1 is 1.26 bits per heavy atom. The average Bonchev–Trinajstić information content (AvgIpc) is 2.80. The largest absolute Gasteiger partial charge is 0.484 e. The van der Waals surface area contributed by atoms with Crippen LogP contribution in [0.2, 0.25) is 0 Å². The van der Waals surface area contributed by atoms with Crippen LogP contribution in [0.3, 0.4) is 0 Å². The van der Waals surface area contributed by atoms with E-state index in [0.717, 1.165) is 23.5 Å². The fraction of sp³-hybridized carbons (Fsp3) is 0.333. The van der Waals surface area contributed by atoms with E-state index in [1.165, 1.54) is 0 Å². The Hall–Kier alpha value is -2.51. The lowest BCUT2D eigenvalue weighted by Crippen LogP contribution is -2.20. The molecular formula is C15H16F3N3O2. The minimum absolute atomic E-state index is 0.184. The van der Waals surface area contributed by atoms with E-state index < -0.39 is 18.6 Å². The highest BCUT2D eigenvalue weighted by molar-refractivity contribution is 5.91. The monoisotopic (exact) mass is 327 g/mol. The zero-order valence-electron chi connectivity index (χ0n) is 12.6. The van der Waals surface area contributed by atoms with Crippen LogP contribution >= 0.6 is 0 Å². The second-order valence-electron chi connectivity index (χ2n) is 5.20. The van der Waals surface area contributed by atoms with E-state index in [2.05, 4.69) is 10.4 Å². The minimum atomic E-state index is -4.36. The highest BCUT2D eigenvalue weighted by Gasteiger charge is 2.28. The van der Waals surface area contributed by atoms with E-state index in [9.17, 15) is 18.0 Å². The topological polar surface area (TPSA) is 56.1 Å². The number of nitrogens with zero attached hydrogens (tertiary/aromatic N) is 2. The highest BCUT2D eigenvalue weighted by Crippen LogP contribution is 2.18. The Bertz CT molecular complexity index is 675. The van der Waals surface area contributed by atoms with Crippen LogP contribution in [0.25, 0.3) is 0 Å². The smallest absolute Gasteiger partial charge is 0.408 e. The van der Waals surface area contributed by atoms with Gasteiger partial charge in [0.2, 0.25) is 0 Å². The van der Waals surface area contributed by atoms with Gasteiger partial charge in [0.15, 0.2) is 6.61 Å². The number of rotatable bonds is 5. The number of ether oxygens (including phenoxy) is 1. The van der Waals surface area contributed by atoms with Crippen LogP contribution in [0.1, 0.15) is 11.1 Å². The normalized spacial score (nSPS) is 11.3. The third kappa shape index (κ3) is 5.65. The van der Waals surface area contributed by atoms with Crippen molar-refractivity contribution in [1.82, 2.24) is 9.78 Å². The molecule has 0 saturated carbocycles. The molecule has 0 saturated heterocycles. The molecule has 1 N–H and O–H groups in total. The van der Waals surface area contributed by atoms with Gasteiger partial charge in [-0.3, -0.25) is 9.48 Å². The van der Waals surface area contributed by atoms with Crippen LogP contribution in [-0.4, -0.2) is 28.5 Å². The number of carbonyl (C=O) groups excluding carboxylic acids is 1. The second kappa shape index (κ2) is 6.72. The molecule has 1 aromatic carbocycles. The molecule has 124 valence electrons. The number of hydrogen-bond donors (Lipinski definition) is 1. The molecule has 5 nitrogen and oxygen atoms in total. The predicted molar refractivity (Wildman–Crippen MR) is 78.3 cm³/mol. The number of carbonyl (C=O) groups is 1. The van der Waals surface area contributed by atoms with Crippen LogP contribution < -0.4 is 10.1 Å². The van der Waals surface area contributed by atoms with Crippen LogP contribution in [0.5, 0.6) is 5.75 Å². The standard InChI is InChI=1S/C15H16F3N3O2/c1-10-3-11(2)5-13(4-10)23-8-14(22)20-12-6-19-21(7-12)9-15(16,17)18/h3-7H,8-9H2,1-2H3,(H,20,22). The van der Waals surface area contributed by atoms with Crippen molar-refractivity contribution >= 4 is 11.6 Å². The quantitative estimate of drug-likeness (QED) is 0.918. The number of amides is 1. The Labute approximate surface area is 131 Å². The lowest BCUT2D eigenvalue weighted by Gasteiger charge is -2.08. The first kappa shape index (κ1) is 16.9. The van der Waals surface area contributed by atoms with Crippen molar-refractivity contribution in [1.29, 1.82) is 0 Å². The van der Waals surface area contributed by atoms with E-state index in [1.54, 1.807) is 12.1 Å². The zero-order valence-corrected chi connectivity index (χ0v) is 12.6. The molecule has 0 spiro atoms. The molecule has 0 aliphatic carbocycles. The fourth-order valence-electron chi connectivity index (χ4n) is 2.06. The van der Waals surface area contributed by atoms with Crippen molar-refractivity contribution in [2.45, 2.75) is 26.6 Å². The first-order chi connectivity index (χ1) is 10.7. The van der Waals surface area contributed by atoms with Gasteiger partial charge < -0.3 is 10.1 Å². The molecule has 0 radical (unpaired) electrons. The molecule has 0 unspecified atom stereocenters. The number of anilines is 1. The van der Waals surface area contributed by atoms with E-state index in [0.29, 0.717) is 10.4 Å². The molecule has 0 bridgehead atoms. The van der Waals surface area contributed by atoms with Crippen molar-refractivity contribution in [2.24, 2.45) is 0 Å². The third-order valence-corrected chi connectivity index (χ3v) is 2.82. The Morgan fingerprint density at radius 3 is 2.52 bits per heavy atom. The van der Waals surface area contributed by atoms with Crippen molar-refractivity contribution in [2.75, 3.05) is 11.9 Å². The zero-order chi connectivity index (χ0) is 17.0. The van der Waals surface area contributed by atoms with Crippen molar-refractivity contribution in [3.05, 3.63) is 41.7 Å². The molecule has 0 atom stereocenters. The lowest BCUT2D eigenvalue weighted by atomic mass is 10.1. The summed E-state index contributed by atoms with van der Waals surface area (Å²) >= 11 is 0. The van der Waals surface area contributed by atoms with Crippen LogP contribution in [0, 0.1) is 13.8 Å². The maximum atomic E-state index is 12.2. The fourth-order valence-corrected chi connectivity index (χ4v) is 2.06. The summed E-state index contributed by atoms with van der Waals surface area (Å²) < 4.78 is 42.7. The number of alkyl halides is 3. The second-order valence-corrected chi connectivity index (χ2v) is 5.20. The average molecular weight is 327 g/mol. The number of benzene rings is 1. The molecule has 0 aliphatic heterocycles. The summed E-state index contributed by atoms with van der Waals surface area (Å²) in [6, 6.07) is 5.56. The van der Waals surface area contributed by atoms with Gasteiger partial charge in [-0.25, -0.2) is 0 Å². The van der Waals surface area contributed by atoms with Gasteiger partial charge >= 0.3 is 6.18 Å². The molecule has 23 heavy (non-hydrogen) atoms. The van der Waals surface area contributed by atoms with Crippen molar-refractivity contribution in [3.8, 4) is 5.75 Å². The summed E-state index contributed by atoms with van der Waals surface area (Å²) in [5.41, 5.74) is 2.20. The lowest BCUT2D eigenvalue weighted by molar-refractivity contribution is -0.142. The van der Waals surface area contributed by atoms with Gasteiger partial charge in [0.25, 0.3) is 5.91 Å². The molecule has 2 rings (SSSR count). The molecule has 8 heteroatoms. The molecular weight excluding hydrogens is 311 g/mol. The van der Waals surface area contributed by atoms with Gasteiger partial charge in [-0.1, -0.05) is 6.07 Å². The molecule has 1 heterocycles. The Morgan fingerprint density at radius 2 is 1.91 bits per heavy atom. The molecule has 1 aromatic heterocycles. The van der Waals surface area contributed by atoms with Gasteiger partial charge in [0, 0.05) is 6.20 Å². The van der Waals surface area contributed by atoms with E-state index >= 15 is 0 Å². The Kier molecular flexibility index (Phi) is 4.92. The van der Waals surface area contributed by atoms with Crippen molar-refractivity contribution in [3.63, 3.8) is 0 Å². The van der Waals surface area contributed by atoms with E-state index in [1.807, 2.05) is 19.9 Å². The van der Waals surface area contributed by atoms with E-state index in [4.69, 9.17) is 4.74 Å². The maximum absolute atomic E-state index is 12.2. The summed E-state index contributed by atoms with van der Waals surface area (Å²) in [6.45, 7) is 2.37. The summed E-state index contributed by atoms with van der Waals surface area (Å²) in [5.74, 6) is 0.0844. The third-order valence-electron chi connectivity index (χ3n) is 2.82. The van der Waals surface area contributed by atoms with Gasteiger partial charge in [-0.15, -0.1) is 0 Å². The number of aromatic nitrogens is 2. The molecule has 1 amide bonds. The summed E-state index contributed by atoms with van der Waals surface area (Å²) in [4.78, 5) is 11.8. The number of aryl methyl sites for hydroxylation is 2. The summed E-state index contributed by atoms with van der Waals surface area (Å²) in [7, 11) is 0. The van der Waals surface area contributed by atoms with E-state index in [-0.39, 0.29) is 12.3 Å². The maximum Gasteiger partial charge on any atom is 0.408 e. The van der Waals surface area contributed by atoms with Crippen molar-refractivity contribution < 1.29 is 22.7 Å². The molecule has 2 aromatic rings. The predicted octanol–water partition coefficient (Wildman–Crippen LogP) is 3.08. The Balaban J connectivity index is 1.87. The van der Waals surface area contributed by atoms with Crippen LogP contribution in [0.15, 0.2) is 30.6 Å². The summed E-state index contributed by atoms with van der Waals surface area (Å²) in [6.07, 6.45) is -2.10. The number of hydrogen-bond acceptors (Lipinski definition) is 3. The molecule has 0 fully saturated rings. The first-order valence-electron chi connectivity index (χ1n) is 6.81.